The molecule has 0 bridgehead atoms. The second-order valence-electron chi connectivity index (χ2n) is 19.3. The SMILES string of the molecule is CC1(C)c2ccccc2-c2ccc(N(c3ccc(-c4ccccc4)cc3)c3ccc(-c4ccccc4-c4ccc5c(c4)c4ccccc4n5-c4cc(-c5ccccc5)cc(-c5ccccc5)c4)cc3)cc21. The average molecular weight is 907 g/mol. The van der Waals surface area contributed by atoms with Crippen LogP contribution in [0.3, 0.4) is 0 Å². The molecule has 13 rings (SSSR count). The van der Waals surface area contributed by atoms with E-state index in [0.29, 0.717) is 0 Å². The average Bonchev–Trinajstić information content (AvgIpc) is 3.89. The molecule has 12 aromatic rings. The van der Waals surface area contributed by atoms with Crippen LogP contribution in [0, 0.1) is 0 Å². The van der Waals surface area contributed by atoms with Crippen LogP contribution in [0.25, 0.3) is 94.3 Å². The van der Waals surface area contributed by atoms with Gasteiger partial charge in [0.1, 0.15) is 0 Å². The van der Waals surface area contributed by atoms with Gasteiger partial charge in [0.2, 0.25) is 0 Å². The molecule has 0 N–H and O–H groups in total. The first-order valence-corrected chi connectivity index (χ1v) is 24.7. The number of fused-ring (bicyclic) bond motifs is 6. The van der Waals surface area contributed by atoms with Crippen molar-refractivity contribution in [1.29, 1.82) is 0 Å². The Labute approximate surface area is 416 Å². The molecule has 2 nitrogen and oxygen atoms in total. The van der Waals surface area contributed by atoms with Crippen LogP contribution >= 0.6 is 0 Å². The van der Waals surface area contributed by atoms with Crippen LogP contribution < -0.4 is 4.90 Å². The molecule has 1 heterocycles. The molecule has 2 heteroatoms. The lowest BCUT2D eigenvalue weighted by Crippen LogP contribution is -2.16. The van der Waals surface area contributed by atoms with E-state index < -0.39 is 0 Å². The normalized spacial score (nSPS) is 12.5. The summed E-state index contributed by atoms with van der Waals surface area (Å²) in [5.74, 6) is 0. The highest BCUT2D eigenvalue weighted by Gasteiger charge is 2.35. The van der Waals surface area contributed by atoms with Gasteiger partial charge in [0.15, 0.2) is 0 Å². The molecule has 0 amide bonds. The zero-order chi connectivity index (χ0) is 47.5. The highest BCUT2D eigenvalue weighted by Crippen LogP contribution is 2.51. The van der Waals surface area contributed by atoms with Gasteiger partial charge in [0.05, 0.1) is 11.0 Å². The third kappa shape index (κ3) is 7.35. The third-order valence-electron chi connectivity index (χ3n) is 14.8. The van der Waals surface area contributed by atoms with E-state index in [1.807, 2.05) is 0 Å². The molecule has 0 fully saturated rings. The number of benzene rings is 11. The molecule has 1 aromatic heterocycles. The van der Waals surface area contributed by atoms with E-state index in [2.05, 4.69) is 290 Å². The standard InChI is InChI=1S/C69H50N2/c1-69(2)65-28-16-14-26-61(65)62-40-39-57(46-66(62)69)70(55-35-30-50(31-36-55)47-18-6-3-7-19-47)56-37-32-51(33-38-56)59-24-12-13-25-60(59)52-34-41-68-64(45-52)63-27-15-17-29-67(63)71(68)58-43-53(48-20-8-4-9-21-48)42-54(44-58)49-22-10-5-11-23-49/h3-46H,1-2H3. The first-order chi connectivity index (χ1) is 35.0. The molecule has 0 radical (unpaired) electrons. The van der Waals surface area contributed by atoms with Crippen molar-refractivity contribution in [3.63, 3.8) is 0 Å². The summed E-state index contributed by atoms with van der Waals surface area (Å²) in [6, 6.07) is 97.8. The highest BCUT2D eigenvalue weighted by molar-refractivity contribution is 6.11. The van der Waals surface area contributed by atoms with E-state index in [9.17, 15) is 0 Å². The molecule has 0 spiro atoms. The van der Waals surface area contributed by atoms with Crippen LogP contribution in [0.5, 0.6) is 0 Å². The summed E-state index contributed by atoms with van der Waals surface area (Å²) in [7, 11) is 0. The number of anilines is 3. The number of aromatic nitrogens is 1. The molecule has 0 saturated heterocycles. The Morgan fingerprint density at radius 1 is 0.282 bits per heavy atom. The van der Waals surface area contributed by atoms with Crippen molar-refractivity contribution in [2.45, 2.75) is 19.3 Å². The molecule has 1 aliphatic carbocycles. The summed E-state index contributed by atoms with van der Waals surface area (Å²) < 4.78 is 2.44. The largest absolute Gasteiger partial charge is 0.310 e. The summed E-state index contributed by atoms with van der Waals surface area (Å²) in [5, 5.41) is 2.46. The van der Waals surface area contributed by atoms with Crippen molar-refractivity contribution in [3.05, 3.63) is 278 Å². The molecule has 0 saturated carbocycles. The Kier molecular flexibility index (Phi) is 10.2. The lowest BCUT2D eigenvalue weighted by molar-refractivity contribution is 0.660. The molecular weight excluding hydrogens is 857 g/mol. The minimum Gasteiger partial charge on any atom is -0.310 e. The summed E-state index contributed by atoms with van der Waals surface area (Å²) in [5.41, 5.74) is 24.1. The Bertz CT molecular complexity index is 3860. The molecule has 71 heavy (non-hydrogen) atoms. The molecule has 1 aliphatic rings. The number of rotatable bonds is 9. The molecule has 0 unspecified atom stereocenters. The minimum absolute atomic E-state index is 0.115. The maximum Gasteiger partial charge on any atom is 0.0541 e. The summed E-state index contributed by atoms with van der Waals surface area (Å²) in [6.45, 7) is 4.71. The number of nitrogens with zero attached hydrogens (tertiary/aromatic N) is 2. The van der Waals surface area contributed by atoms with Gasteiger partial charge in [-0.05, 0) is 151 Å². The van der Waals surface area contributed by atoms with Gasteiger partial charge < -0.3 is 9.47 Å². The topological polar surface area (TPSA) is 8.17 Å². The van der Waals surface area contributed by atoms with Crippen LogP contribution in [-0.4, -0.2) is 4.57 Å². The van der Waals surface area contributed by atoms with Crippen LogP contribution in [0.1, 0.15) is 25.0 Å². The lowest BCUT2D eigenvalue weighted by Gasteiger charge is -2.28. The van der Waals surface area contributed by atoms with Crippen molar-refractivity contribution in [2.75, 3.05) is 4.90 Å². The Hall–Kier alpha value is -8.98. The van der Waals surface area contributed by atoms with Crippen molar-refractivity contribution in [2.24, 2.45) is 0 Å². The summed E-state index contributed by atoms with van der Waals surface area (Å²) in [4.78, 5) is 2.41. The van der Waals surface area contributed by atoms with Crippen LogP contribution in [0.4, 0.5) is 17.1 Å². The van der Waals surface area contributed by atoms with E-state index >= 15 is 0 Å². The maximum absolute atomic E-state index is 2.44. The molecule has 11 aromatic carbocycles. The monoisotopic (exact) mass is 906 g/mol. The predicted octanol–water partition coefficient (Wildman–Crippen LogP) is 18.9. The Balaban J connectivity index is 0.898. The van der Waals surface area contributed by atoms with E-state index in [-0.39, 0.29) is 5.41 Å². The van der Waals surface area contributed by atoms with E-state index in [4.69, 9.17) is 0 Å². The van der Waals surface area contributed by atoms with Crippen molar-refractivity contribution >= 4 is 38.9 Å². The zero-order valence-corrected chi connectivity index (χ0v) is 39.8. The van der Waals surface area contributed by atoms with Crippen molar-refractivity contribution < 1.29 is 0 Å². The number of hydrogen-bond donors (Lipinski definition) is 0. The molecular formula is C69H50N2. The second-order valence-corrected chi connectivity index (χ2v) is 19.3. The fraction of sp³-hybridized carbons (Fsp3) is 0.0435. The number of hydrogen-bond acceptors (Lipinski definition) is 1. The van der Waals surface area contributed by atoms with Crippen LogP contribution in [-0.2, 0) is 5.41 Å². The Morgan fingerprint density at radius 2 is 0.732 bits per heavy atom. The van der Waals surface area contributed by atoms with Gasteiger partial charge >= 0.3 is 0 Å². The molecule has 0 aliphatic heterocycles. The van der Waals surface area contributed by atoms with Crippen LogP contribution in [0.2, 0.25) is 0 Å². The first-order valence-electron chi connectivity index (χ1n) is 24.7. The quantitative estimate of drug-likeness (QED) is 0.140. The molecule has 0 atom stereocenters. The van der Waals surface area contributed by atoms with Crippen molar-refractivity contribution in [3.8, 4) is 72.4 Å². The summed E-state index contributed by atoms with van der Waals surface area (Å²) >= 11 is 0. The molecule has 336 valence electrons. The third-order valence-corrected chi connectivity index (χ3v) is 14.8. The minimum atomic E-state index is -0.115. The van der Waals surface area contributed by atoms with Gasteiger partial charge in [-0.1, -0.05) is 208 Å². The fourth-order valence-electron chi connectivity index (χ4n) is 11.2. The lowest BCUT2D eigenvalue weighted by atomic mass is 9.82. The maximum atomic E-state index is 2.44. The van der Waals surface area contributed by atoms with Crippen molar-refractivity contribution in [1.82, 2.24) is 4.57 Å². The fourth-order valence-corrected chi connectivity index (χ4v) is 11.2. The first kappa shape index (κ1) is 42.1. The van der Waals surface area contributed by atoms with Gasteiger partial charge in [0.25, 0.3) is 0 Å². The van der Waals surface area contributed by atoms with Crippen LogP contribution in [0.15, 0.2) is 267 Å². The summed E-state index contributed by atoms with van der Waals surface area (Å²) in [6.07, 6.45) is 0. The van der Waals surface area contributed by atoms with E-state index in [1.165, 1.54) is 99.7 Å². The van der Waals surface area contributed by atoms with Gasteiger partial charge in [-0.3, -0.25) is 0 Å². The van der Waals surface area contributed by atoms with Gasteiger partial charge in [-0.15, -0.1) is 0 Å². The zero-order valence-electron chi connectivity index (χ0n) is 39.8. The highest BCUT2D eigenvalue weighted by atomic mass is 15.1. The van der Waals surface area contributed by atoms with Gasteiger partial charge in [-0.2, -0.15) is 0 Å². The van der Waals surface area contributed by atoms with Gasteiger partial charge in [-0.25, -0.2) is 0 Å². The van der Waals surface area contributed by atoms with E-state index in [0.717, 1.165) is 22.7 Å². The predicted molar refractivity (Wildman–Crippen MR) is 300 cm³/mol. The smallest absolute Gasteiger partial charge is 0.0541 e. The van der Waals surface area contributed by atoms with Gasteiger partial charge in [0, 0.05) is 38.9 Å². The second kappa shape index (κ2) is 17.2. The number of para-hydroxylation sites is 1. The Morgan fingerprint density at radius 3 is 1.37 bits per heavy atom. The van der Waals surface area contributed by atoms with E-state index in [1.54, 1.807) is 0 Å².